The lowest BCUT2D eigenvalue weighted by molar-refractivity contribution is -0.137. The van der Waals surface area contributed by atoms with Crippen LogP contribution in [0, 0.1) is 6.07 Å². The van der Waals surface area contributed by atoms with Gasteiger partial charge in [0, 0.05) is 6.08 Å². The van der Waals surface area contributed by atoms with E-state index in [1.165, 1.54) is 6.07 Å². The Bertz CT molecular complexity index is 394. The summed E-state index contributed by atoms with van der Waals surface area (Å²) in [6.07, 6.45) is -2.60. The third-order valence-corrected chi connectivity index (χ3v) is 1.55. The summed E-state index contributed by atoms with van der Waals surface area (Å²) in [6.45, 7) is 0. The van der Waals surface area contributed by atoms with E-state index in [0.29, 0.717) is 0 Å². The van der Waals surface area contributed by atoms with Gasteiger partial charge in [-0.3, -0.25) is 0 Å². The largest absolute Gasteiger partial charge is 0.478 e. The van der Waals surface area contributed by atoms with Gasteiger partial charge in [-0.1, -0.05) is 12.1 Å². The molecule has 1 aromatic carbocycles. The van der Waals surface area contributed by atoms with Crippen LogP contribution in [0.4, 0.5) is 13.2 Å². The highest BCUT2D eigenvalue weighted by molar-refractivity contribution is 5.85. The van der Waals surface area contributed by atoms with Gasteiger partial charge in [-0.2, -0.15) is 13.2 Å². The van der Waals surface area contributed by atoms with E-state index in [0.717, 1.165) is 24.3 Å². The Labute approximate surface area is 83.7 Å². The first kappa shape index (κ1) is 11.3. The van der Waals surface area contributed by atoms with E-state index in [2.05, 4.69) is 0 Å². The molecule has 0 unspecified atom stereocenters. The standard InChI is InChI=1S/C10H6F3O2/c11-10(12,13)8-3-1-2-7(6-8)4-5-9(14)15/h1-2,4-6H,(H,14,15)/b5-4+. The number of hydrogen-bond acceptors (Lipinski definition) is 1. The first-order chi connectivity index (χ1) is 6.89. The zero-order valence-corrected chi connectivity index (χ0v) is 7.38. The first-order valence-electron chi connectivity index (χ1n) is 3.89. The van der Waals surface area contributed by atoms with Crippen LogP contribution in [0.15, 0.2) is 24.3 Å². The highest BCUT2D eigenvalue weighted by Gasteiger charge is 2.30. The van der Waals surface area contributed by atoms with Gasteiger partial charge in [0.2, 0.25) is 0 Å². The summed E-state index contributed by atoms with van der Waals surface area (Å²) in [4.78, 5) is 10.1. The molecule has 0 aromatic heterocycles. The van der Waals surface area contributed by atoms with Crippen LogP contribution in [0.1, 0.15) is 11.1 Å². The predicted molar refractivity (Wildman–Crippen MR) is 46.9 cm³/mol. The molecule has 15 heavy (non-hydrogen) atoms. The molecule has 0 saturated heterocycles. The minimum Gasteiger partial charge on any atom is -0.478 e. The Hall–Kier alpha value is -1.78. The lowest BCUT2D eigenvalue weighted by Crippen LogP contribution is -2.04. The number of carbonyl (C=O) groups is 1. The molecule has 79 valence electrons. The lowest BCUT2D eigenvalue weighted by Gasteiger charge is -2.05. The highest BCUT2D eigenvalue weighted by atomic mass is 19.4. The predicted octanol–water partition coefficient (Wildman–Crippen LogP) is 2.60. The molecule has 5 heteroatoms. The van der Waals surface area contributed by atoms with Crippen LogP contribution in [0.2, 0.25) is 0 Å². The highest BCUT2D eigenvalue weighted by Crippen LogP contribution is 2.29. The molecule has 1 aromatic rings. The maximum absolute atomic E-state index is 12.2. The summed E-state index contributed by atoms with van der Waals surface area (Å²) in [5.74, 6) is -1.21. The molecular weight excluding hydrogens is 209 g/mol. The summed E-state index contributed by atoms with van der Waals surface area (Å²) < 4.78 is 36.6. The third kappa shape index (κ3) is 3.46. The fourth-order valence-corrected chi connectivity index (χ4v) is 0.919. The van der Waals surface area contributed by atoms with Crippen molar-refractivity contribution in [3.05, 3.63) is 41.5 Å². The van der Waals surface area contributed by atoms with Crippen LogP contribution in [-0.4, -0.2) is 11.1 Å². The number of rotatable bonds is 2. The Morgan fingerprint density at radius 1 is 1.47 bits per heavy atom. The van der Waals surface area contributed by atoms with Crippen LogP contribution < -0.4 is 0 Å². The van der Waals surface area contributed by atoms with Crippen molar-refractivity contribution in [2.45, 2.75) is 6.18 Å². The minimum absolute atomic E-state index is 0.170. The molecule has 0 spiro atoms. The van der Waals surface area contributed by atoms with Gasteiger partial charge >= 0.3 is 12.1 Å². The number of carboxylic acid groups (broad SMARTS) is 1. The SMILES string of the molecule is O=C(O)/C=C/c1cc[c]c(C(F)(F)F)c1. The molecule has 0 atom stereocenters. The van der Waals surface area contributed by atoms with E-state index in [4.69, 9.17) is 5.11 Å². The van der Waals surface area contributed by atoms with Crippen molar-refractivity contribution in [3.8, 4) is 0 Å². The third-order valence-electron chi connectivity index (χ3n) is 1.55. The van der Waals surface area contributed by atoms with Gasteiger partial charge in [0.1, 0.15) is 0 Å². The van der Waals surface area contributed by atoms with Crippen LogP contribution >= 0.6 is 0 Å². The molecule has 0 bridgehead atoms. The maximum atomic E-state index is 12.2. The van der Waals surface area contributed by atoms with E-state index in [1.807, 2.05) is 6.07 Å². The fourth-order valence-electron chi connectivity index (χ4n) is 0.919. The molecule has 0 amide bonds. The molecule has 0 aliphatic carbocycles. The zero-order valence-electron chi connectivity index (χ0n) is 7.38. The maximum Gasteiger partial charge on any atom is 0.417 e. The molecule has 2 nitrogen and oxygen atoms in total. The van der Waals surface area contributed by atoms with Crippen molar-refractivity contribution >= 4 is 12.0 Å². The average molecular weight is 215 g/mol. The smallest absolute Gasteiger partial charge is 0.417 e. The van der Waals surface area contributed by atoms with Crippen molar-refractivity contribution in [2.75, 3.05) is 0 Å². The molecule has 0 aliphatic heterocycles. The molecular formula is C10H6F3O2. The summed E-state index contributed by atoms with van der Waals surface area (Å²) in [6, 6.07) is 5.31. The van der Waals surface area contributed by atoms with E-state index in [-0.39, 0.29) is 5.56 Å². The average Bonchev–Trinajstić information content (AvgIpc) is 2.14. The van der Waals surface area contributed by atoms with Crippen LogP contribution in [-0.2, 0) is 11.0 Å². The van der Waals surface area contributed by atoms with Gasteiger partial charge in [0.05, 0.1) is 5.56 Å². The molecule has 1 N–H and O–H groups in total. The van der Waals surface area contributed by atoms with Crippen molar-refractivity contribution < 1.29 is 23.1 Å². The van der Waals surface area contributed by atoms with E-state index < -0.39 is 17.7 Å². The van der Waals surface area contributed by atoms with Crippen molar-refractivity contribution in [2.24, 2.45) is 0 Å². The molecule has 0 heterocycles. The number of hydrogen-bond donors (Lipinski definition) is 1. The Balaban J connectivity index is 2.98. The van der Waals surface area contributed by atoms with Crippen molar-refractivity contribution in [1.29, 1.82) is 0 Å². The summed E-state index contributed by atoms with van der Waals surface area (Å²) >= 11 is 0. The number of alkyl halides is 3. The second-order valence-corrected chi connectivity index (χ2v) is 2.71. The first-order valence-corrected chi connectivity index (χ1v) is 3.89. The quantitative estimate of drug-likeness (QED) is 0.770. The van der Waals surface area contributed by atoms with Gasteiger partial charge in [0.15, 0.2) is 0 Å². The molecule has 1 radical (unpaired) electrons. The molecule has 0 saturated carbocycles. The summed E-state index contributed by atoms with van der Waals surface area (Å²) in [5.41, 5.74) is -0.751. The van der Waals surface area contributed by atoms with Gasteiger partial charge in [-0.25, -0.2) is 4.79 Å². The van der Waals surface area contributed by atoms with Crippen LogP contribution in [0.3, 0.4) is 0 Å². The van der Waals surface area contributed by atoms with Gasteiger partial charge in [0.25, 0.3) is 0 Å². The van der Waals surface area contributed by atoms with Crippen LogP contribution in [0.5, 0.6) is 0 Å². The molecule has 1 rings (SSSR count). The topological polar surface area (TPSA) is 37.3 Å². The number of benzene rings is 1. The number of aliphatic carboxylic acids is 1. The zero-order chi connectivity index (χ0) is 11.5. The second-order valence-electron chi connectivity index (χ2n) is 2.71. The number of halogens is 3. The van der Waals surface area contributed by atoms with E-state index in [9.17, 15) is 18.0 Å². The van der Waals surface area contributed by atoms with Crippen molar-refractivity contribution in [3.63, 3.8) is 0 Å². The van der Waals surface area contributed by atoms with Gasteiger partial charge in [-0.05, 0) is 23.8 Å². The summed E-state index contributed by atoms with van der Waals surface area (Å²) in [5, 5.41) is 8.29. The fraction of sp³-hybridized carbons (Fsp3) is 0.100. The Kier molecular flexibility index (Phi) is 3.14. The molecule has 0 aliphatic rings. The normalized spacial score (nSPS) is 11.9. The van der Waals surface area contributed by atoms with Gasteiger partial charge < -0.3 is 5.11 Å². The lowest BCUT2D eigenvalue weighted by atomic mass is 10.1. The van der Waals surface area contributed by atoms with E-state index >= 15 is 0 Å². The van der Waals surface area contributed by atoms with E-state index in [1.54, 1.807) is 0 Å². The number of carboxylic acids is 1. The monoisotopic (exact) mass is 215 g/mol. The Morgan fingerprint density at radius 3 is 2.67 bits per heavy atom. The minimum atomic E-state index is -4.47. The summed E-state index contributed by atoms with van der Waals surface area (Å²) in [7, 11) is 0. The molecule has 0 fully saturated rings. The van der Waals surface area contributed by atoms with Crippen molar-refractivity contribution in [1.82, 2.24) is 0 Å². The second kappa shape index (κ2) is 4.16. The van der Waals surface area contributed by atoms with Gasteiger partial charge in [-0.15, -0.1) is 0 Å². The Morgan fingerprint density at radius 2 is 2.13 bits per heavy atom. The van der Waals surface area contributed by atoms with Crippen LogP contribution in [0.25, 0.3) is 6.08 Å².